The van der Waals surface area contributed by atoms with Crippen LogP contribution in [-0.4, -0.2) is 37.2 Å². The number of carbonyl (C=O) groups is 3. The summed E-state index contributed by atoms with van der Waals surface area (Å²) in [6, 6.07) is 0. The van der Waals surface area contributed by atoms with Crippen LogP contribution in [-0.2, 0) is 28.6 Å². The fourth-order valence-corrected chi connectivity index (χ4v) is 7.75. The van der Waals surface area contributed by atoms with E-state index in [0.717, 1.165) is 116 Å². The van der Waals surface area contributed by atoms with Crippen LogP contribution in [0.3, 0.4) is 0 Å². The van der Waals surface area contributed by atoms with Gasteiger partial charge < -0.3 is 14.2 Å². The van der Waals surface area contributed by atoms with Gasteiger partial charge in [0, 0.05) is 19.3 Å². The van der Waals surface area contributed by atoms with Crippen molar-refractivity contribution in [3.8, 4) is 0 Å². The Morgan fingerprint density at radius 1 is 0.301 bits per heavy atom. The number of rotatable bonds is 52. The molecule has 0 aromatic rings. The van der Waals surface area contributed by atoms with Crippen molar-refractivity contribution >= 4 is 17.9 Å². The summed E-state index contributed by atoms with van der Waals surface area (Å²) in [6.07, 6.45) is 84.4. The summed E-state index contributed by atoms with van der Waals surface area (Å²) < 4.78 is 16.8. The molecule has 412 valence electrons. The van der Waals surface area contributed by atoms with E-state index in [1.54, 1.807) is 0 Å². The summed E-state index contributed by atoms with van der Waals surface area (Å²) in [5.74, 6) is -0.987. The molecule has 0 N–H and O–H groups in total. The van der Waals surface area contributed by atoms with Crippen molar-refractivity contribution in [3.63, 3.8) is 0 Å². The highest BCUT2D eigenvalue weighted by molar-refractivity contribution is 5.71. The number of carbonyl (C=O) groups excluding carboxylic acids is 3. The van der Waals surface area contributed by atoms with Crippen molar-refractivity contribution in [1.29, 1.82) is 0 Å². The fourth-order valence-electron chi connectivity index (χ4n) is 7.75. The monoisotopic (exact) mass is 1010 g/mol. The molecule has 6 nitrogen and oxygen atoms in total. The summed E-state index contributed by atoms with van der Waals surface area (Å²) in [5.41, 5.74) is 0. The van der Waals surface area contributed by atoms with E-state index in [1.807, 2.05) is 0 Å². The van der Waals surface area contributed by atoms with Gasteiger partial charge >= 0.3 is 17.9 Å². The molecule has 6 heteroatoms. The van der Waals surface area contributed by atoms with Gasteiger partial charge in [-0.25, -0.2) is 0 Å². The van der Waals surface area contributed by atoms with E-state index in [0.29, 0.717) is 19.3 Å². The molecule has 1 atom stereocenters. The van der Waals surface area contributed by atoms with Gasteiger partial charge in [0.1, 0.15) is 13.2 Å². The van der Waals surface area contributed by atoms with E-state index in [-0.39, 0.29) is 37.5 Å². The standard InChI is InChI=1S/C67H108O6/c1-4-7-10-13-16-19-22-25-28-31-33-36-39-42-45-48-51-54-57-60-66(69)72-63-64(62-71-65(68)59-56-53-50-47-44-41-38-35-30-27-24-21-18-15-12-9-6-3)73-67(70)61-58-55-52-49-46-43-40-37-34-32-29-26-23-20-17-14-11-8-5-2/h7,9-10,12,16-21,23,25-28,30,33,36,38,41,47,50,64H,4-6,8,11,13-15,22,24,29,31-32,34-35,37,39-40,42-46,48-49,51-63H2,1-3H3/b10-7-,12-9-,19-16-,20-17-,21-18-,26-23-,28-25-,30-27-,36-33-,41-38-,50-47-. The first-order chi connectivity index (χ1) is 36.0. The zero-order chi connectivity index (χ0) is 52.9. The quantitative estimate of drug-likeness (QED) is 0.0199. The highest BCUT2D eigenvalue weighted by Gasteiger charge is 2.19. The average Bonchev–Trinajstić information content (AvgIpc) is 3.39. The van der Waals surface area contributed by atoms with Crippen molar-refractivity contribution in [1.82, 2.24) is 0 Å². The molecule has 0 aliphatic heterocycles. The van der Waals surface area contributed by atoms with Crippen LogP contribution in [0.2, 0.25) is 0 Å². The molecule has 0 aromatic heterocycles. The van der Waals surface area contributed by atoms with E-state index in [4.69, 9.17) is 14.2 Å². The van der Waals surface area contributed by atoms with Crippen LogP contribution >= 0.6 is 0 Å². The molecule has 0 spiro atoms. The van der Waals surface area contributed by atoms with Crippen LogP contribution in [0.5, 0.6) is 0 Å². The molecule has 0 saturated carbocycles. The fraction of sp³-hybridized carbons (Fsp3) is 0.627. The maximum Gasteiger partial charge on any atom is 0.306 e. The molecular formula is C67H108O6. The Morgan fingerprint density at radius 3 is 0.973 bits per heavy atom. The molecule has 0 bridgehead atoms. The Labute approximate surface area is 449 Å². The number of allylic oxidation sites excluding steroid dienone is 22. The number of ether oxygens (including phenoxy) is 3. The van der Waals surface area contributed by atoms with Crippen molar-refractivity contribution in [2.45, 2.75) is 258 Å². The lowest BCUT2D eigenvalue weighted by molar-refractivity contribution is -0.167. The zero-order valence-electron chi connectivity index (χ0n) is 47.1. The maximum atomic E-state index is 12.9. The minimum absolute atomic E-state index is 0.109. The second-order valence-corrected chi connectivity index (χ2v) is 19.2. The van der Waals surface area contributed by atoms with Gasteiger partial charge in [-0.2, -0.15) is 0 Å². The summed E-state index contributed by atoms with van der Waals surface area (Å²) in [7, 11) is 0. The summed E-state index contributed by atoms with van der Waals surface area (Å²) in [5, 5.41) is 0. The predicted octanol–water partition coefficient (Wildman–Crippen LogP) is 20.2. The van der Waals surface area contributed by atoms with Crippen molar-refractivity contribution in [3.05, 3.63) is 134 Å². The first kappa shape index (κ1) is 68.6. The largest absolute Gasteiger partial charge is 0.462 e. The van der Waals surface area contributed by atoms with Crippen LogP contribution in [0.1, 0.15) is 252 Å². The Morgan fingerprint density at radius 2 is 0.589 bits per heavy atom. The van der Waals surface area contributed by atoms with Crippen molar-refractivity contribution in [2.24, 2.45) is 0 Å². The molecule has 1 unspecified atom stereocenters. The highest BCUT2D eigenvalue weighted by Crippen LogP contribution is 2.14. The van der Waals surface area contributed by atoms with Gasteiger partial charge in [0.05, 0.1) is 0 Å². The summed E-state index contributed by atoms with van der Waals surface area (Å²) in [4.78, 5) is 38.2. The second kappa shape index (κ2) is 60.1. The third kappa shape index (κ3) is 58.3. The lowest BCUT2D eigenvalue weighted by atomic mass is 10.1. The van der Waals surface area contributed by atoms with Gasteiger partial charge in [-0.1, -0.05) is 244 Å². The van der Waals surface area contributed by atoms with Crippen LogP contribution in [0, 0.1) is 0 Å². The molecular weight excluding hydrogens is 901 g/mol. The van der Waals surface area contributed by atoms with Crippen molar-refractivity contribution in [2.75, 3.05) is 13.2 Å². The Hall–Kier alpha value is -4.45. The second-order valence-electron chi connectivity index (χ2n) is 19.2. The zero-order valence-corrected chi connectivity index (χ0v) is 47.1. The van der Waals surface area contributed by atoms with Crippen LogP contribution < -0.4 is 0 Å². The van der Waals surface area contributed by atoms with Crippen LogP contribution in [0.25, 0.3) is 0 Å². The lowest BCUT2D eigenvalue weighted by Gasteiger charge is -2.18. The molecule has 0 saturated heterocycles. The third-order valence-corrected chi connectivity index (χ3v) is 12.1. The van der Waals surface area contributed by atoms with Gasteiger partial charge in [0.2, 0.25) is 0 Å². The predicted molar refractivity (Wildman–Crippen MR) is 316 cm³/mol. The third-order valence-electron chi connectivity index (χ3n) is 12.1. The molecule has 0 rings (SSSR count). The smallest absolute Gasteiger partial charge is 0.306 e. The van der Waals surface area contributed by atoms with Gasteiger partial charge in [-0.05, 0) is 122 Å². The number of hydrogen-bond acceptors (Lipinski definition) is 6. The first-order valence-electron chi connectivity index (χ1n) is 29.7. The van der Waals surface area contributed by atoms with E-state index < -0.39 is 6.10 Å². The maximum absolute atomic E-state index is 12.9. The van der Waals surface area contributed by atoms with Gasteiger partial charge in [0.15, 0.2) is 6.10 Å². The van der Waals surface area contributed by atoms with Gasteiger partial charge in [0.25, 0.3) is 0 Å². The van der Waals surface area contributed by atoms with E-state index in [9.17, 15) is 14.4 Å². The number of esters is 3. The first-order valence-corrected chi connectivity index (χ1v) is 29.7. The molecule has 0 heterocycles. The SMILES string of the molecule is CC/C=C\C/C=C\C/C=C\C/C=C\C/C=C\CCCC(=O)OCC(COC(=O)CCCCCCCC/C=C\C/C=C\C/C=C\C/C=C\CC)OC(=O)CCCCCCCCCCCC/C=C\C=C/CCCCC. The van der Waals surface area contributed by atoms with Gasteiger partial charge in [-0.3, -0.25) is 14.4 Å². The molecule has 73 heavy (non-hydrogen) atoms. The number of unbranched alkanes of at least 4 members (excludes halogenated alkanes) is 20. The number of hydrogen-bond donors (Lipinski definition) is 0. The molecule has 0 aliphatic rings. The minimum Gasteiger partial charge on any atom is -0.462 e. The van der Waals surface area contributed by atoms with Crippen LogP contribution in [0.15, 0.2) is 134 Å². The Kier molecular flexibility index (Phi) is 56.4. The topological polar surface area (TPSA) is 78.9 Å². The van der Waals surface area contributed by atoms with E-state index in [2.05, 4.69) is 154 Å². The molecule has 0 amide bonds. The minimum atomic E-state index is -0.815. The van der Waals surface area contributed by atoms with E-state index in [1.165, 1.54) is 89.9 Å². The Bertz CT molecular complexity index is 1580. The average molecular weight is 1010 g/mol. The van der Waals surface area contributed by atoms with Crippen LogP contribution in [0.4, 0.5) is 0 Å². The molecule has 0 aromatic carbocycles. The molecule has 0 aliphatic carbocycles. The lowest BCUT2D eigenvalue weighted by Crippen LogP contribution is -2.30. The molecule has 0 fully saturated rings. The Balaban J connectivity index is 4.52. The van der Waals surface area contributed by atoms with Gasteiger partial charge in [-0.15, -0.1) is 0 Å². The normalized spacial score (nSPS) is 13.1. The summed E-state index contributed by atoms with van der Waals surface area (Å²) >= 11 is 0. The van der Waals surface area contributed by atoms with Crippen molar-refractivity contribution < 1.29 is 28.6 Å². The van der Waals surface area contributed by atoms with E-state index >= 15 is 0 Å². The highest BCUT2D eigenvalue weighted by atomic mass is 16.6. The summed E-state index contributed by atoms with van der Waals surface area (Å²) in [6.45, 7) is 6.32. The molecule has 0 radical (unpaired) electrons.